The van der Waals surface area contributed by atoms with E-state index in [1.807, 2.05) is 6.07 Å². The summed E-state index contributed by atoms with van der Waals surface area (Å²) in [6.45, 7) is 2.80. The van der Waals surface area contributed by atoms with Crippen molar-refractivity contribution in [2.24, 2.45) is 0 Å². The molecule has 0 saturated carbocycles. The molecule has 0 aliphatic rings. The minimum atomic E-state index is -0.256. The number of unbranched alkanes of at least 4 members (excludes halogenated alkanes) is 3. The maximum Gasteiger partial charge on any atom is 0.261 e. The second-order valence-electron chi connectivity index (χ2n) is 4.44. The normalized spacial score (nSPS) is 9.90. The summed E-state index contributed by atoms with van der Waals surface area (Å²) in [4.78, 5) is 12.1. The average Bonchev–Trinajstić information content (AvgIpc) is 2.47. The lowest BCUT2D eigenvalue weighted by molar-refractivity contribution is 0.0972. The molecule has 1 aromatic carbocycles. The molecule has 1 aromatic rings. The topological polar surface area (TPSA) is 50.4 Å². The predicted octanol–water partition coefficient (Wildman–Crippen LogP) is 2.88. The molecule has 0 radical (unpaired) electrons. The molecule has 2 N–H and O–H groups in total. The molecule has 110 valence electrons. The highest BCUT2D eigenvalue weighted by molar-refractivity contribution is 7.80. The summed E-state index contributed by atoms with van der Waals surface area (Å²) in [7, 11) is 1.67. The van der Waals surface area contributed by atoms with E-state index in [0.717, 1.165) is 12.8 Å². The number of amides is 1. The Morgan fingerprint density at radius 2 is 2.00 bits per heavy atom. The summed E-state index contributed by atoms with van der Waals surface area (Å²) >= 11 is 4.93. The molecule has 0 spiro atoms. The van der Waals surface area contributed by atoms with Crippen molar-refractivity contribution in [3.8, 4) is 5.75 Å². The second-order valence-corrected chi connectivity index (χ2v) is 4.85. The zero-order chi connectivity index (χ0) is 14.8. The zero-order valence-electron chi connectivity index (χ0n) is 12.1. The molecule has 0 saturated heterocycles. The van der Waals surface area contributed by atoms with E-state index in [2.05, 4.69) is 17.6 Å². The van der Waals surface area contributed by atoms with Crippen molar-refractivity contribution in [2.75, 3.05) is 13.7 Å². The standard InChI is InChI=1S/C15H22N2O2S/c1-3-4-5-8-11-19-13-10-7-6-9-12(13)14(18)17-15(20)16-2/h6-7,9-10H,3-5,8,11H2,1-2H3,(H2,16,17,18,20). The van der Waals surface area contributed by atoms with Gasteiger partial charge in [-0.2, -0.15) is 0 Å². The molecule has 20 heavy (non-hydrogen) atoms. The van der Waals surface area contributed by atoms with Crippen LogP contribution in [0.15, 0.2) is 24.3 Å². The van der Waals surface area contributed by atoms with Crippen LogP contribution in [0.3, 0.4) is 0 Å². The van der Waals surface area contributed by atoms with Crippen molar-refractivity contribution >= 4 is 23.2 Å². The minimum absolute atomic E-state index is 0.256. The van der Waals surface area contributed by atoms with Gasteiger partial charge in [-0.05, 0) is 30.8 Å². The minimum Gasteiger partial charge on any atom is -0.493 e. The summed E-state index contributed by atoms with van der Waals surface area (Å²) in [5.41, 5.74) is 0.501. The summed E-state index contributed by atoms with van der Waals surface area (Å²) < 4.78 is 5.70. The van der Waals surface area contributed by atoms with Crippen LogP contribution in [0.1, 0.15) is 43.0 Å². The van der Waals surface area contributed by atoms with Gasteiger partial charge in [-0.1, -0.05) is 38.3 Å². The highest BCUT2D eigenvalue weighted by Crippen LogP contribution is 2.18. The average molecular weight is 294 g/mol. The van der Waals surface area contributed by atoms with E-state index in [4.69, 9.17) is 17.0 Å². The van der Waals surface area contributed by atoms with E-state index < -0.39 is 0 Å². The number of benzene rings is 1. The third kappa shape index (κ3) is 5.57. The molecular weight excluding hydrogens is 272 g/mol. The van der Waals surface area contributed by atoms with Gasteiger partial charge in [0, 0.05) is 7.05 Å². The Kier molecular flexibility index (Phi) is 7.65. The highest BCUT2D eigenvalue weighted by Gasteiger charge is 2.12. The molecular formula is C15H22N2O2S. The van der Waals surface area contributed by atoms with Crippen LogP contribution in [0.5, 0.6) is 5.75 Å². The van der Waals surface area contributed by atoms with Crippen molar-refractivity contribution in [2.45, 2.75) is 32.6 Å². The maximum absolute atomic E-state index is 12.1. The first-order chi connectivity index (χ1) is 9.69. The first-order valence-corrected chi connectivity index (χ1v) is 7.34. The van der Waals surface area contributed by atoms with Crippen LogP contribution in [0.25, 0.3) is 0 Å². The SMILES string of the molecule is CCCCCCOc1ccccc1C(=O)NC(=S)NC. The van der Waals surface area contributed by atoms with Crippen LogP contribution >= 0.6 is 12.2 Å². The van der Waals surface area contributed by atoms with Gasteiger partial charge in [0.2, 0.25) is 0 Å². The van der Waals surface area contributed by atoms with E-state index in [0.29, 0.717) is 23.0 Å². The summed E-state index contributed by atoms with van der Waals surface area (Å²) in [6, 6.07) is 7.20. The Labute approximate surface area is 125 Å². The van der Waals surface area contributed by atoms with E-state index >= 15 is 0 Å². The Morgan fingerprint density at radius 1 is 1.25 bits per heavy atom. The summed E-state index contributed by atoms with van der Waals surface area (Å²) in [6.07, 6.45) is 4.55. The van der Waals surface area contributed by atoms with Crippen molar-refractivity contribution in [3.05, 3.63) is 29.8 Å². The largest absolute Gasteiger partial charge is 0.493 e. The molecule has 0 bridgehead atoms. The summed E-state index contributed by atoms with van der Waals surface area (Å²) in [5.74, 6) is 0.342. The van der Waals surface area contributed by atoms with E-state index in [1.165, 1.54) is 12.8 Å². The van der Waals surface area contributed by atoms with Gasteiger partial charge in [0.05, 0.1) is 12.2 Å². The Morgan fingerprint density at radius 3 is 2.70 bits per heavy atom. The Hall–Kier alpha value is -1.62. The van der Waals surface area contributed by atoms with E-state index in [-0.39, 0.29) is 5.91 Å². The van der Waals surface area contributed by atoms with Gasteiger partial charge in [0.15, 0.2) is 5.11 Å². The molecule has 5 heteroatoms. The lowest BCUT2D eigenvalue weighted by Crippen LogP contribution is -2.37. The molecule has 0 aliphatic heterocycles. The van der Waals surface area contributed by atoms with Crippen LogP contribution in [0.4, 0.5) is 0 Å². The Balaban J connectivity index is 2.58. The lowest BCUT2D eigenvalue weighted by Gasteiger charge is -2.11. The van der Waals surface area contributed by atoms with Crippen LogP contribution in [0.2, 0.25) is 0 Å². The van der Waals surface area contributed by atoms with Crippen molar-refractivity contribution in [1.82, 2.24) is 10.6 Å². The van der Waals surface area contributed by atoms with Crippen LogP contribution in [0, 0.1) is 0 Å². The molecule has 4 nitrogen and oxygen atoms in total. The van der Waals surface area contributed by atoms with Crippen molar-refractivity contribution in [3.63, 3.8) is 0 Å². The molecule has 1 amide bonds. The van der Waals surface area contributed by atoms with Crippen LogP contribution in [-0.4, -0.2) is 24.7 Å². The molecule has 0 heterocycles. The molecule has 0 unspecified atom stereocenters. The first kappa shape index (κ1) is 16.4. The maximum atomic E-state index is 12.1. The summed E-state index contributed by atoms with van der Waals surface area (Å²) in [5, 5.41) is 5.61. The Bertz CT molecular complexity index is 449. The molecule has 0 atom stereocenters. The number of nitrogens with one attached hydrogen (secondary N) is 2. The highest BCUT2D eigenvalue weighted by atomic mass is 32.1. The zero-order valence-corrected chi connectivity index (χ0v) is 12.9. The fourth-order valence-corrected chi connectivity index (χ4v) is 1.82. The van der Waals surface area contributed by atoms with Crippen molar-refractivity contribution in [1.29, 1.82) is 0 Å². The van der Waals surface area contributed by atoms with Gasteiger partial charge in [-0.25, -0.2) is 0 Å². The quantitative estimate of drug-likeness (QED) is 0.600. The molecule has 0 fully saturated rings. The number of carbonyl (C=O) groups excluding carboxylic acids is 1. The van der Waals surface area contributed by atoms with Gasteiger partial charge >= 0.3 is 0 Å². The molecule has 0 aliphatic carbocycles. The smallest absolute Gasteiger partial charge is 0.261 e. The number of hydrogen-bond acceptors (Lipinski definition) is 3. The third-order valence-electron chi connectivity index (χ3n) is 2.84. The lowest BCUT2D eigenvalue weighted by atomic mass is 10.2. The van der Waals surface area contributed by atoms with E-state index in [9.17, 15) is 4.79 Å². The van der Waals surface area contributed by atoms with Gasteiger partial charge in [0.25, 0.3) is 5.91 Å². The van der Waals surface area contributed by atoms with Crippen molar-refractivity contribution < 1.29 is 9.53 Å². The molecule has 0 aromatic heterocycles. The second kappa shape index (κ2) is 9.31. The number of hydrogen-bond donors (Lipinski definition) is 2. The fourth-order valence-electron chi connectivity index (χ4n) is 1.72. The van der Waals surface area contributed by atoms with Gasteiger partial charge in [-0.15, -0.1) is 0 Å². The van der Waals surface area contributed by atoms with Gasteiger partial charge < -0.3 is 10.1 Å². The molecule has 1 rings (SSSR count). The number of rotatable bonds is 7. The number of thiocarbonyl (C=S) groups is 1. The third-order valence-corrected chi connectivity index (χ3v) is 3.15. The van der Waals surface area contributed by atoms with Crippen LogP contribution in [-0.2, 0) is 0 Å². The van der Waals surface area contributed by atoms with E-state index in [1.54, 1.807) is 25.2 Å². The first-order valence-electron chi connectivity index (χ1n) is 6.94. The fraction of sp³-hybridized carbons (Fsp3) is 0.467. The number of carbonyl (C=O) groups is 1. The van der Waals surface area contributed by atoms with Gasteiger partial charge in [-0.3, -0.25) is 10.1 Å². The van der Waals surface area contributed by atoms with Gasteiger partial charge in [0.1, 0.15) is 5.75 Å². The monoisotopic (exact) mass is 294 g/mol. The number of para-hydroxylation sites is 1. The predicted molar refractivity (Wildman–Crippen MR) is 85.2 cm³/mol. The number of ether oxygens (including phenoxy) is 1. The van der Waals surface area contributed by atoms with Crippen LogP contribution < -0.4 is 15.4 Å².